The van der Waals surface area contributed by atoms with E-state index in [1.165, 1.54) is 0 Å². The van der Waals surface area contributed by atoms with Crippen LogP contribution in [0.15, 0.2) is 67.1 Å². The Bertz CT molecular complexity index is 2950. The normalized spacial score (nSPS) is 21.4. The number of anilines is 2. The monoisotopic (exact) mass is 988 g/mol. The van der Waals surface area contributed by atoms with Crippen LogP contribution in [0.4, 0.5) is 11.5 Å². The topological polar surface area (TPSA) is 215 Å². The second kappa shape index (κ2) is 17.6. The van der Waals surface area contributed by atoms with Gasteiger partial charge in [0.1, 0.15) is 29.4 Å². The lowest BCUT2D eigenvalue weighted by Crippen LogP contribution is -2.73. The quantitative estimate of drug-likeness (QED) is 0.154. The Kier molecular flexibility index (Phi) is 11.5. The van der Waals surface area contributed by atoms with Crippen molar-refractivity contribution in [2.45, 2.75) is 69.6 Å². The number of aromatic nitrogens is 4. The summed E-state index contributed by atoms with van der Waals surface area (Å²) in [6, 6.07) is 13.7. The van der Waals surface area contributed by atoms with E-state index in [9.17, 15) is 33.9 Å². The van der Waals surface area contributed by atoms with E-state index in [2.05, 4.69) is 25.4 Å². The molecule has 5 saturated heterocycles. The van der Waals surface area contributed by atoms with E-state index in [1.807, 2.05) is 53.3 Å². The second-order valence-electron chi connectivity index (χ2n) is 19.7. The van der Waals surface area contributed by atoms with Crippen LogP contribution in [-0.2, 0) is 19.2 Å². The fourth-order valence-corrected chi connectivity index (χ4v) is 11.9. The fourth-order valence-electron chi connectivity index (χ4n) is 11.2. The Hall–Kier alpha value is -6.63. The van der Waals surface area contributed by atoms with Crippen molar-refractivity contribution in [2.24, 2.45) is 11.3 Å². The largest absolute Gasteiger partial charge is 0.486 e. The highest BCUT2D eigenvalue weighted by Gasteiger charge is 2.54. The summed E-state index contributed by atoms with van der Waals surface area (Å²) in [5.74, 6) is -0.942. The molecule has 9 heterocycles. The van der Waals surface area contributed by atoms with Crippen LogP contribution >= 0.6 is 23.2 Å². The zero-order valence-corrected chi connectivity index (χ0v) is 39.8. The summed E-state index contributed by atoms with van der Waals surface area (Å²) < 4.78 is 6.24. The number of ether oxygens (including phenoxy) is 1. The Morgan fingerprint density at radius 1 is 0.871 bits per heavy atom. The number of carbonyl (C=O) groups excluding carboxylic acids is 6. The molecule has 1 spiro atoms. The molecule has 1 unspecified atom stereocenters. The number of nitrogens with zero attached hydrogens (tertiary/aromatic N) is 8. The maximum absolute atomic E-state index is 13.7. The number of piperidine rings is 3. The summed E-state index contributed by atoms with van der Waals surface area (Å²) in [4.78, 5) is 96.2. The molecule has 0 bridgehead atoms. The third kappa shape index (κ3) is 8.18. The molecule has 6 aliphatic heterocycles. The molecule has 5 fully saturated rings. The van der Waals surface area contributed by atoms with Gasteiger partial charge in [0.2, 0.25) is 23.6 Å². The molecule has 11 rings (SSSR count). The number of rotatable bonds is 10. The van der Waals surface area contributed by atoms with E-state index in [4.69, 9.17) is 32.9 Å². The van der Waals surface area contributed by atoms with Crippen LogP contribution in [0.1, 0.15) is 84.3 Å². The molecular weight excluding hydrogens is 940 g/mol. The lowest BCUT2D eigenvalue weighted by molar-refractivity contribution is -0.153. The first-order valence-electron chi connectivity index (χ1n) is 23.7. The van der Waals surface area contributed by atoms with Crippen molar-refractivity contribution in [2.75, 3.05) is 62.2 Å². The number of amides is 6. The van der Waals surface area contributed by atoms with Crippen molar-refractivity contribution >= 4 is 81.1 Å². The van der Waals surface area contributed by atoms with Crippen LogP contribution in [0.25, 0.3) is 22.2 Å². The van der Waals surface area contributed by atoms with Gasteiger partial charge in [-0.15, -0.1) is 0 Å². The molecular formula is C50H50Cl2N10O8. The minimum Gasteiger partial charge on any atom is -0.486 e. The van der Waals surface area contributed by atoms with Gasteiger partial charge in [-0.1, -0.05) is 29.3 Å². The molecule has 2 atom stereocenters. The van der Waals surface area contributed by atoms with Gasteiger partial charge in [0, 0.05) is 105 Å². The third-order valence-electron chi connectivity index (χ3n) is 15.1. The molecule has 3 N–H and O–H groups in total. The first kappa shape index (κ1) is 45.8. The molecule has 2 aromatic carbocycles. The molecule has 5 aromatic rings. The van der Waals surface area contributed by atoms with Gasteiger partial charge in [-0.05, 0) is 81.5 Å². The lowest BCUT2D eigenvalue weighted by atomic mass is 9.72. The van der Waals surface area contributed by atoms with Crippen molar-refractivity contribution < 1.29 is 38.6 Å². The lowest BCUT2D eigenvalue weighted by Gasteiger charge is -2.61. The van der Waals surface area contributed by atoms with Crippen molar-refractivity contribution in [3.63, 3.8) is 0 Å². The molecule has 6 amide bonds. The van der Waals surface area contributed by atoms with Crippen LogP contribution in [0.2, 0.25) is 10.0 Å². The van der Waals surface area contributed by atoms with E-state index in [0.29, 0.717) is 79.2 Å². The number of aliphatic hydroxyl groups is 1. The van der Waals surface area contributed by atoms with Gasteiger partial charge in [0.15, 0.2) is 0 Å². The minimum absolute atomic E-state index is 0.0311. The number of fused-ring (bicyclic) bond motifs is 2. The van der Waals surface area contributed by atoms with Crippen molar-refractivity contribution in [3.05, 3.63) is 93.9 Å². The van der Waals surface area contributed by atoms with Gasteiger partial charge in [0.25, 0.3) is 11.8 Å². The highest BCUT2D eigenvalue weighted by molar-refractivity contribution is 6.35. The van der Waals surface area contributed by atoms with Gasteiger partial charge in [0.05, 0.1) is 44.4 Å². The predicted octanol–water partition coefficient (Wildman–Crippen LogP) is 5.18. The van der Waals surface area contributed by atoms with Crippen molar-refractivity contribution in [3.8, 4) is 17.0 Å². The number of likely N-dealkylation sites (tertiary alicyclic amines) is 2. The zero-order valence-electron chi connectivity index (χ0n) is 38.3. The molecule has 0 saturated carbocycles. The average Bonchev–Trinajstić information content (AvgIpc) is 3.85. The van der Waals surface area contributed by atoms with Crippen LogP contribution in [0.3, 0.4) is 0 Å². The van der Waals surface area contributed by atoms with E-state index in [0.717, 1.165) is 46.0 Å². The maximum Gasteiger partial charge on any atom is 0.264 e. The smallest absolute Gasteiger partial charge is 0.264 e. The van der Waals surface area contributed by atoms with E-state index in [1.54, 1.807) is 35.5 Å². The molecule has 3 aromatic heterocycles. The number of carbonyl (C=O) groups is 6. The average molecular weight is 990 g/mol. The van der Waals surface area contributed by atoms with Crippen LogP contribution in [-0.4, -0.2) is 139 Å². The van der Waals surface area contributed by atoms with Crippen molar-refractivity contribution in [1.29, 1.82) is 0 Å². The van der Waals surface area contributed by atoms with E-state index < -0.39 is 41.4 Å². The number of benzene rings is 2. The standard InChI is InChI=1S/C50H50Cl2N10O8/c1-28(42-34(51)22-53-23-35(42)52)70-31-6-7-36-33(19-31)44(57-56-36)30-5-9-39(54-21-30)60-24-49(25-60)26-61(27-49)46(66)29-11-15-59(16-12-29)41(64)20-50(69)13-17-58(18-14-50)37-4-2-3-32-43(37)48(68)62(47(32)67)38-8-10-40(63)55-45(38)65/h2-7,9,19,21-23,28-29,38,69H,8,10-18,20,24-27H2,1H3,(H,56,57)(H,55,63,65)/t28-,38?/m1/s1. The first-order chi connectivity index (χ1) is 33.7. The molecule has 70 heavy (non-hydrogen) atoms. The van der Waals surface area contributed by atoms with Gasteiger partial charge in [-0.3, -0.25) is 49.1 Å². The Morgan fingerprint density at radius 2 is 1.61 bits per heavy atom. The molecule has 20 heteroatoms. The van der Waals surface area contributed by atoms with Crippen LogP contribution < -0.4 is 19.9 Å². The predicted molar refractivity (Wildman–Crippen MR) is 257 cm³/mol. The maximum atomic E-state index is 13.7. The number of hydrogen-bond acceptors (Lipinski definition) is 13. The summed E-state index contributed by atoms with van der Waals surface area (Å²) in [5, 5.41) is 23.3. The number of aromatic amines is 1. The second-order valence-corrected chi connectivity index (χ2v) is 20.5. The van der Waals surface area contributed by atoms with Crippen LogP contribution in [0.5, 0.6) is 5.75 Å². The Labute approximate surface area is 412 Å². The molecule has 18 nitrogen and oxygen atoms in total. The fraction of sp³-hybridized carbons (Fsp3) is 0.420. The molecule has 6 aliphatic rings. The Balaban J connectivity index is 0.630. The summed E-state index contributed by atoms with van der Waals surface area (Å²) in [6.45, 7) is 6.47. The van der Waals surface area contributed by atoms with Crippen LogP contribution in [0, 0.1) is 11.3 Å². The first-order valence-corrected chi connectivity index (χ1v) is 24.5. The number of hydrogen-bond donors (Lipinski definition) is 3. The number of imide groups is 2. The molecule has 362 valence electrons. The van der Waals surface area contributed by atoms with E-state index in [-0.39, 0.29) is 66.4 Å². The van der Waals surface area contributed by atoms with Gasteiger partial charge in [-0.25, -0.2) is 4.98 Å². The highest BCUT2D eigenvalue weighted by atomic mass is 35.5. The Morgan fingerprint density at radius 3 is 2.31 bits per heavy atom. The molecule has 0 radical (unpaired) electrons. The van der Waals surface area contributed by atoms with E-state index >= 15 is 0 Å². The summed E-state index contributed by atoms with van der Waals surface area (Å²) >= 11 is 12.7. The van der Waals surface area contributed by atoms with Crippen molar-refractivity contribution in [1.82, 2.24) is 40.2 Å². The zero-order chi connectivity index (χ0) is 48.6. The summed E-state index contributed by atoms with van der Waals surface area (Å²) in [5.41, 5.74) is 2.85. The minimum atomic E-state index is -1.25. The van der Waals surface area contributed by atoms with Gasteiger partial charge in [-0.2, -0.15) is 5.10 Å². The third-order valence-corrected chi connectivity index (χ3v) is 15.7. The number of nitrogens with one attached hydrogen (secondary N) is 2. The summed E-state index contributed by atoms with van der Waals surface area (Å²) in [6.07, 6.45) is 6.22. The van der Waals surface area contributed by atoms with Gasteiger partial charge >= 0.3 is 0 Å². The molecule has 0 aliphatic carbocycles. The highest BCUT2D eigenvalue weighted by Crippen LogP contribution is 2.44. The SMILES string of the molecule is C[C@@H](Oc1ccc2[nH]nc(-c3ccc(N4CC5(CN(C(=O)C6CCN(C(=O)CC7(O)CCN(c8cccc9c8C(=O)N(C8CCC(=O)NC8=O)C9=O)CC7)CC6)C5)C4)nc3)c2c1)c1c(Cl)cncc1Cl. The number of halogens is 2. The van der Waals surface area contributed by atoms with Gasteiger partial charge < -0.3 is 29.4 Å². The number of H-pyrrole nitrogens is 1. The summed E-state index contributed by atoms with van der Waals surface area (Å²) in [7, 11) is 0. The number of pyridine rings is 2.